The summed E-state index contributed by atoms with van der Waals surface area (Å²) >= 11 is 6.21. The fourth-order valence-electron chi connectivity index (χ4n) is 3.40. The molecular formula is C17H25ClN2. The minimum absolute atomic E-state index is 0.640. The molecule has 0 bridgehead atoms. The lowest BCUT2D eigenvalue weighted by molar-refractivity contribution is 0.619. The molecule has 20 heavy (non-hydrogen) atoms. The number of halogens is 1. The van der Waals surface area contributed by atoms with Gasteiger partial charge in [0.2, 0.25) is 0 Å². The predicted octanol–water partition coefficient (Wildman–Crippen LogP) is 4.36. The molecule has 1 saturated heterocycles. The van der Waals surface area contributed by atoms with Gasteiger partial charge in [-0.3, -0.25) is 0 Å². The van der Waals surface area contributed by atoms with Crippen LogP contribution in [0.15, 0.2) is 18.2 Å². The molecule has 1 saturated carbocycles. The number of hydrogen-bond donors (Lipinski definition) is 1. The van der Waals surface area contributed by atoms with Crippen molar-refractivity contribution < 1.29 is 0 Å². The number of hydrogen-bond acceptors (Lipinski definition) is 2. The van der Waals surface area contributed by atoms with Gasteiger partial charge in [-0.15, -0.1) is 0 Å². The van der Waals surface area contributed by atoms with Gasteiger partial charge in [0.25, 0.3) is 0 Å². The molecule has 0 amide bonds. The molecule has 2 atom stereocenters. The van der Waals surface area contributed by atoms with Crippen molar-refractivity contribution in [3.8, 4) is 0 Å². The maximum atomic E-state index is 6.21. The molecule has 0 radical (unpaired) electrons. The second-order valence-corrected chi connectivity index (χ2v) is 6.76. The normalized spacial score (nSPS) is 26.2. The minimum atomic E-state index is 0.640. The van der Waals surface area contributed by atoms with Crippen LogP contribution in [0.3, 0.4) is 0 Å². The molecule has 1 N–H and O–H groups in total. The van der Waals surface area contributed by atoms with Gasteiger partial charge in [0.05, 0.1) is 0 Å². The number of nitrogens with zero attached hydrogens (tertiary/aromatic N) is 1. The van der Waals surface area contributed by atoms with Gasteiger partial charge in [-0.2, -0.15) is 0 Å². The van der Waals surface area contributed by atoms with Gasteiger partial charge in [0.1, 0.15) is 0 Å². The quantitative estimate of drug-likeness (QED) is 0.867. The fraction of sp³-hybridized carbons (Fsp3) is 0.647. The maximum absolute atomic E-state index is 6.21. The van der Waals surface area contributed by atoms with E-state index in [1.165, 1.54) is 43.4 Å². The highest BCUT2D eigenvalue weighted by Crippen LogP contribution is 2.35. The molecule has 1 aromatic rings. The summed E-state index contributed by atoms with van der Waals surface area (Å²) in [5.74, 6) is 0. The summed E-state index contributed by atoms with van der Waals surface area (Å²) in [5, 5.41) is 4.47. The van der Waals surface area contributed by atoms with Crippen molar-refractivity contribution in [1.82, 2.24) is 5.32 Å². The number of benzene rings is 1. The monoisotopic (exact) mass is 292 g/mol. The van der Waals surface area contributed by atoms with Gasteiger partial charge in [-0.1, -0.05) is 18.5 Å². The first-order chi connectivity index (χ1) is 9.69. The zero-order valence-electron chi connectivity index (χ0n) is 12.5. The number of rotatable bonds is 5. The van der Waals surface area contributed by atoms with Crippen LogP contribution in [-0.4, -0.2) is 18.1 Å². The summed E-state index contributed by atoms with van der Waals surface area (Å²) in [6, 6.07) is 8.46. The molecule has 3 rings (SSSR count). The van der Waals surface area contributed by atoms with E-state index in [0.29, 0.717) is 12.1 Å². The molecule has 1 aliphatic carbocycles. The number of anilines is 1. The Balaban J connectivity index is 1.86. The average molecular weight is 293 g/mol. The topological polar surface area (TPSA) is 15.3 Å². The third-order valence-electron chi connectivity index (χ3n) is 4.74. The zero-order valence-corrected chi connectivity index (χ0v) is 13.3. The van der Waals surface area contributed by atoms with Gasteiger partial charge in [-0.25, -0.2) is 0 Å². The second kappa shape index (κ2) is 5.95. The molecule has 2 aliphatic rings. The Morgan fingerprint density at radius 1 is 1.25 bits per heavy atom. The van der Waals surface area contributed by atoms with Crippen LogP contribution in [0.2, 0.25) is 5.02 Å². The third kappa shape index (κ3) is 2.96. The lowest BCUT2D eigenvalue weighted by atomic mass is 10.1. The van der Waals surface area contributed by atoms with Crippen LogP contribution in [0.5, 0.6) is 0 Å². The Morgan fingerprint density at radius 2 is 2.05 bits per heavy atom. The Bertz CT molecular complexity index is 470. The summed E-state index contributed by atoms with van der Waals surface area (Å²) in [6.07, 6.45) is 6.50. The van der Waals surface area contributed by atoms with Crippen LogP contribution in [0.25, 0.3) is 0 Å². The van der Waals surface area contributed by atoms with Crippen molar-refractivity contribution in [1.29, 1.82) is 0 Å². The van der Waals surface area contributed by atoms with Gasteiger partial charge in [-0.05, 0) is 62.8 Å². The molecule has 0 spiro atoms. The molecule has 2 unspecified atom stereocenters. The van der Waals surface area contributed by atoms with E-state index in [-0.39, 0.29) is 0 Å². The first-order valence-electron chi connectivity index (χ1n) is 7.99. The highest BCUT2D eigenvalue weighted by molar-refractivity contribution is 6.30. The van der Waals surface area contributed by atoms with Crippen molar-refractivity contribution in [3.05, 3.63) is 28.8 Å². The van der Waals surface area contributed by atoms with Crippen LogP contribution >= 0.6 is 11.6 Å². The maximum Gasteiger partial charge on any atom is 0.0417 e. The van der Waals surface area contributed by atoms with Crippen LogP contribution in [0.4, 0.5) is 5.69 Å². The van der Waals surface area contributed by atoms with Crippen molar-refractivity contribution in [3.63, 3.8) is 0 Å². The van der Waals surface area contributed by atoms with Crippen molar-refractivity contribution in [2.45, 2.75) is 70.6 Å². The first kappa shape index (κ1) is 14.2. The summed E-state index contributed by atoms with van der Waals surface area (Å²) in [5.41, 5.74) is 2.75. The van der Waals surface area contributed by atoms with E-state index < -0.39 is 0 Å². The Hall–Kier alpha value is -0.730. The fourth-order valence-corrected chi connectivity index (χ4v) is 3.59. The van der Waals surface area contributed by atoms with Crippen molar-refractivity contribution in [2.24, 2.45) is 0 Å². The lowest BCUT2D eigenvalue weighted by Gasteiger charge is -2.32. The van der Waals surface area contributed by atoms with Crippen molar-refractivity contribution >= 4 is 17.3 Å². The van der Waals surface area contributed by atoms with Crippen LogP contribution in [0.1, 0.15) is 51.5 Å². The van der Waals surface area contributed by atoms with E-state index in [1.807, 2.05) is 6.07 Å². The van der Waals surface area contributed by atoms with E-state index in [0.717, 1.165) is 17.6 Å². The molecular weight excluding hydrogens is 268 g/mol. The average Bonchev–Trinajstić information content (AvgIpc) is 3.20. The third-order valence-corrected chi connectivity index (χ3v) is 4.97. The van der Waals surface area contributed by atoms with E-state index in [1.54, 1.807) is 0 Å². The molecule has 1 aliphatic heterocycles. The van der Waals surface area contributed by atoms with Crippen LogP contribution in [-0.2, 0) is 6.54 Å². The first-order valence-corrected chi connectivity index (χ1v) is 8.37. The molecule has 3 heteroatoms. The van der Waals surface area contributed by atoms with Gasteiger partial charge < -0.3 is 10.2 Å². The largest absolute Gasteiger partial charge is 0.366 e. The Labute approximate surface area is 127 Å². The lowest BCUT2D eigenvalue weighted by Crippen LogP contribution is -2.35. The molecule has 1 heterocycles. The minimum Gasteiger partial charge on any atom is -0.366 e. The van der Waals surface area contributed by atoms with E-state index in [2.05, 4.69) is 36.2 Å². The zero-order chi connectivity index (χ0) is 14.1. The van der Waals surface area contributed by atoms with E-state index in [9.17, 15) is 0 Å². The Kier molecular flexibility index (Phi) is 4.23. The van der Waals surface area contributed by atoms with E-state index in [4.69, 9.17) is 11.6 Å². The smallest absolute Gasteiger partial charge is 0.0417 e. The highest BCUT2D eigenvalue weighted by Gasteiger charge is 2.31. The van der Waals surface area contributed by atoms with Gasteiger partial charge >= 0.3 is 0 Å². The SMILES string of the molecule is CCC1CCC(C)N1c1ccc(Cl)cc1CNC1CC1. The molecule has 110 valence electrons. The van der Waals surface area contributed by atoms with Crippen LogP contribution in [0, 0.1) is 0 Å². The predicted molar refractivity (Wildman–Crippen MR) is 86.6 cm³/mol. The second-order valence-electron chi connectivity index (χ2n) is 6.32. The van der Waals surface area contributed by atoms with Gasteiger partial charge in [0.15, 0.2) is 0 Å². The number of nitrogens with one attached hydrogen (secondary N) is 1. The molecule has 1 aromatic carbocycles. The standard InChI is InChI=1S/C17H25ClN2/c1-3-16-8-4-12(2)20(16)17-9-5-14(18)10-13(17)11-19-15-6-7-15/h5,9-10,12,15-16,19H,3-4,6-8,11H2,1-2H3. The summed E-state index contributed by atoms with van der Waals surface area (Å²) in [6.45, 7) is 5.59. The molecule has 2 nitrogen and oxygen atoms in total. The van der Waals surface area contributed by atoms with E-state index >= 15 is 0 Å². The summed E-state index contributed by atoms with van der Waals surface area (Å²) < 4.78 is 0. The van der Waals surface area contributed by atoms with Crippen molar-refractivity contribution in [2.75, 3.05) is 4.90 Å². The summed E-state index contributed by atoms with van der Waals surface area (Å²) in [7, 11) is 0. The van der Waals surface area contributed by atoms with Gasteiger partial charge in [0, 0.05) is 35.4 Å². The molecule has 0 aromatic heterocycles. The molecule has 2 fully saturated rings. The Morgan fingerprint density at radius 3 is 2.75 bits per heavy atom. The summed E-state index contributed by atoms with van der Waals surface area (Å²) in [4.78, 5) is 2.63. The highest BCUT2D eigenvalue weighted by atomic mass is 35.5. The van der Waals surface area contributed by atoms with Crippen LogP contribution < -0.4 is 10.2 Å².